The monoisotopic (exact) mass is 575 g/mol. The minimum Gasteiger partial charge on any atom is -0.497 e. The maximum atomic E-state index is 12.6. The number of carbonyl (C=O) groups is 1. The van der Waals surface area contributed by atoms with Gasteiger partial charge in [-0.05, 0) is 18.9 Å². The van der Waals surface area contributed by atoms with Crippen molar-refractivity contribution in [2.24, 2.45) is 0 Å². The molecule has 0 bridgehead atoms. The summed E-state index contributed by atoms with van der Waals surface area (Å²) in [6.45, 7) is 4.27. The standard InChI is InChI=1S/C24H27N7O3.C2HF3O2/c1-5-16(6-2)30-14-15(12-27-30)21-13-26-24(25)23(28-21)20-7-8-22(32)31(29-20)17-9-18(33-3)11-19(10-17)34-4;3-2(4,5)1(6)7/h7-14,16H,5-6H2,1-4H3,(H2,25,26);(H,6,7). The number of nitrogens with two attached hydrogens (primary N) is 1. The molecular weight excluding hydrogens is 547 g/mol. The SMILES string of the molecule is CCC(CC)n1cc(-c2cnc(N)c(-c3ccc(=O)n(-c4cc(OC)cc(OC)c4)n3)n2)cn1.O=C(O)C(F)(F)F. The van der Waals surface area contributed by atoms with Crippen molar-refractivity contribution in [2.45, 2.75) is 38.9 Å². The summed E-state index contributed by atoms with van der Waals surface area (Å²) in [6.07, 6.45) is 2.21. The van der Waals surface area contributed by atoms with Crippen LogP contribution in [0.25, 0.3) is 28.3 Å². The fourth-order valence-electron chi connectivity index (χ4n) is 3.70. The molecule has 0 spiro atoms. The second-order valence-electron chi connectivity index (χ2n) is 8.51. The molecule has 3 N–H and O–H groups in total. The molecule has 0 aliphatic rings. The highest BCUT2D eigenvalue weighted by atomic mass is 19.4. The molecule has 3 heterocycles. The Kier molecular flexibility index (Phi) is 9.65. The summed E-state index contributed by atoms with van der Waals surface area (Å²) in [4.78, 5) is 30.6. The smallest absolute Gasteiger partial charge is 0.490 e. The Bertz CT molecular complexity index is 1540. The first-order valence-electron chi connectivity index (χ1n) is 12.2. The van der Waals surface area contributed by atoms with Crippen LogP contribution in [0.1, 0.15) is 32.7 Å². The molecule has 0 saturated carbocycles. The topological polar surface area (TPSA) is 160 Å². The lowest BCUT2D eigenvalue weighted by Crippen LogP contribution is -2.21. The Morgan fingerprint density at radius 3 is 2.20 bits per heavy atom. The summed E-state index contributed by atoms with van der Waals surface area (Å²) in [6, 6.07) is 8.41. The van der Waals surface area contributed by atoms with E-state index in [0.717, 1.165) is 18.4 Å². The number of hydrogen-bond acceptors (Lipinski definition) is 9. The Labute approximate surface area is 232 Å². The third-order valence-corrected chi connectivity index (χ3v) is 5.88. The number of nitrogen functional groups attached to an aromatic ring is 1. The number of benzene rings is 1. The van der Waals surface area contributed by atoms with Gasteiger partial charge in [-0.25, -0.2) is 14.8 Å². The van der Waals surface area contributed by atoms with Crippen molar-refractivity contribution in [3.63, 3.8) is 0 Å². The van der Waals surface area contributed by atoms with Gasteiger partial charge in [0.2, 0.25) is 0 Å². The number of aromatic nitrogens is 6. The summed E-state index contributed by atoms with van der Waals surface area (Å²) in [5.74, 6) is -1.49. The molecule has 218 valence electrons. The molecule has 15 heteroatoms. The van der Waals surface area contributed by atoms with Gasteiger partial charge in [-0.15, -0.1) is 0 Å². The molecule has 4 aromatic rings. The van der Waals surface area contributed by atoms with E-state index in [0.29, 0.717) is 40.3 Å². The Morgan fingerprint density at radius 2 is 1.66 bits per heavy atom. The van der Waals surface area contributed by atoms with Crippen LogP contribution in [-0.4, -0.2) is 61.0 Å². The van der Waals surface area contributed by atoms with E-state index in [4.69, 9.17) is 30.1 Å². The van der Waals surface area contributed by atoms with Gasteiger partial charge in [0, 0.05) is 36.0 Å². The van der Waals surface area contributed by atoms with Crippen LogP contribution in [0.4, 0.5) is 19.0 Å². The number of carboxylic acid groups (broad SMARTS) is 1. The van der Waals surface area contributed by atoms with Crippen molar-refractivity contribution < 1.29 is 32.5 Å². The first kappa shape index (κ1) is 30.6. The molecule has 3 aromatic heterocycles. The fraction of sp³-hybridized carbons (Fsp3) is 0.308. The molecule has 4 rings (SSSR count). The van der Waals surface area contributed by atoms with Crippen molar-refractivity contribution in [2.75, 3.05) is 20.0 Å². The van der Waals surface area contributed by atoms with E-state index in [-0.39, 0.29) is 11.4 Å². The van der Waals surface area contributed by atoms with Gasteiger partial charge in [-0.3, -0.25) is 9.48 Å². The van der Waals surface area contributed by atoms with Crippen molar-refractivity contribution in [1.29, 1.82) is 0 Å². The third kappa shape index (κ3) is 7.38. The molecule has 0 atom stereocenters. The molecule has 0 aliphatic heterocycles. The average molecular weight is 576 g/mol. The molecule has 1 aromatic carbocycles. The van der Waals surface area contributed by atoms with Crippen molar-refractivity contribution in [3.05, 3.63) is 59.3 Å². The largest absolute Gasteiger partial charge is 0.497 e. The number of aliphatic carboxylic acids is 1. The predicted molar refractivity (Wildman–Crippen MR) is 143 cm³/mol. The van der Waals surface area contributed by atoms with Crippen LogP contribution in [0.5, 0.6) is 11.5 Å². The van der Waals surface area contributed by atoms with Crippen LogP contribution in [0.3, 0.4) is 0 Å². The molecule has 0 amide bonds. The van der Waals surface area contributed by atoms with E-state index < -0.39 is 12.1 Å². The summed E-state index contributed by atoms with van der Waals surface area (Å²) in [5.41, 5.74) is 8.53. The zero-order valence-corrected chi connectivity index (χ0v) is 22.6. The van der Waals surface area contributed by atoms with E-state index in [1.807, 2.05) is 10.9 Å². The predicted octanol–water partition coefficient (Wildman–Crippen LogP) is 4.15. The van der Waals surface area contributed by atoms with Gasteiger partial charge in [0.05, 0.1) is 44.0 Å². The Morgan fingerprint density at radius 1 is 1.05 bits per heavy atom. The van der Waals surface area contributed by atoms with Gasteiger partial charge >= 0.3 is 12.1 Å². The van der Waals surface area contributed by atoms with Crippen LogP contribution in [0, 0.1) is 0 Å². The summed E-state index contributed by atoms with van der Waals surface area (Å²) in [5, 5.41) is 16.1. The highest BCUT2D eigenvalue weighted by Gasteiger charge is 2.38. The molecular formula is C26H28F3N7O5. The lowest BCUT2D eigenvalue weighted by molar-refractivity contribution is -0.192. The van der Waals surface area contributed by atoms with Crippen molar-refractivity contribution >= 4 is 11.8 Å². The van der Waals surface area contributed by atoms with Crippen molar-refractivity contribution in [3.8, 4) is 39.8 Å². The molecule has 0 radical (unpaired) electrons. The third-order valence-electron chi connectivity index (χ3n) is 5.88. The first-order valence-corrected chi connectivity index (χ1v) is 12.2. The van der Waals surface area contributed by atoms with E-state index >= 15 is 0 Å². The molecule has 41 heavy (non-hydrogen) atoms. The first-order chi connectivity index (χ1) is 19.4. The number of rotatable bonds is 8. The minimum absolute atomic E-state index is 0.206. The van der Waals surface area contributed by atoms with Gasteiger partial charge in [-0.1, -0.05) is 13.8 Å². The van der Waals surface area contributed by atoms with Crippen molar-refractivity contribution in [1.82, 2.24) is 29.5 Å². The number of alkyl halides is 3. The van der Waals surface area contributed by atoms with E-state index in [1.165, 1.54) is 10.7 Å². The number of nitrogens with zero attached hydrogens (tertiary/aromatic N) is 6. The van der Waals surface area contributed by atoms with E-state index in [2.05, 4.69) is 29.0 Å². The number of methoxy groups -OCH3 is 2. The maximum Gasteiger partial charge on any atom is 0.490 e. The number of hydrogen-bond donors (Lipinski definition) is 2. The van der Waals surface area contributed by atoms with Gasteiger partial charge in [0.1, 0.15) is 22.9 Å². The normalized spacial score (nSPS) is 11.1. The second kappa shape index (κ2) is 12.9. The Balaban J connectivity index is 0.000000587. The average Bonchev–Trinajstić information content (AvgIpc) is 3.44. The summed E-state index contributed by atoms with van der Waals surface area (Å²) in [7, 11) is 3.08. The second-order valence-corrected chi connectivity index (χ2v) is 8.51. The van der Waals surface area contributed by atoms with Gasteiger partial charge < -0.3 is 20.3 Å². The number of carboxylic acids is 1. The van der Waals surface area contributed by atoms with E-state index in [9.17, 15) is 18.0 Å². The minimum atomic E-state index is -5.08. The van der Waals surface area contributed by atoms with Crippen LogP contribution in [0.15, 0.2) is 53.7 Å². The zero-order valence-electron chi connectivity index (χ0n) is 22.6. The molecule has 0 aliphatic carbocycles. The van der Waals surface area contributed by atoms with Crippen LogP contribution < -0.4 is 20.8 Å². The maximum absolute atomic E-state index is 12.6. The quantitative estimate of drug-likeness (QED) is 0.312. The number of anilines is 1. The zero-order chi connectivity index (χ0) is 30.3. The molecule has 0 unspecified atom stereocenters. The summed E-state index contributed by atoms with van der Waals surface area (Å²) < 4.78 is 45.6. The molecule has 12 nitrogen and oxygen atoms in total. The number of ether oxygens (including phenoxy) is 2. The molecule has 0 fully saturated rings. The molecule has 0 saturated heterocycles. The van der Waals surface area contributed by atoms with Gasteiger partial charge in [0.15, 0.2) is 5.82 Å². The summed E-state index contributed by atoms with van der Waals surface area (Å²) >= 11 is 0. The van der Waals surface area contributed by atoms with Crippen LogP contribution in [0.2, 0.25) is 0 Å². The van der Waals surface area contributed by atoms with Gasteiger partial charge in [0.25, 0.3) is 5.56 Å². The highest BCUT2D eigenvalue weighted by Crippen LogP contribution is 2.27. The number of halogens is 3. The van der Waals surface area contributed by atoms with Crippen LogP contribution >= 0.6 is 0 Å². The lowest BCUT2D eigenvalue weighted by atomic mass is 10.2. The lowest BCUT2D eigenvalue weighted by Gasteiger charge is -2.12. The van der Waals surface area contributed by atoms with Crippen LogP contribution in [-0.2, 0) is 4.79 Å². The Hall–Kier alpha value is -4.95. The highest BCUT2D eigenvalue weighted by molar-refractivity contribution is 5.73. The fourth-order valence-corrected chi connectivity index (χ4v) is 3.70. The van der Waals surface area contributed by atoms with E-state index in [1.54, 1.807) is 50.9 Å². The van der Waals surface area contributed by atoms with Gasteiger partial charge in [-0.2, -0.15) is 28.1 Å².